The van der Waals surface area contributed by atoms with Crippen molar-refractivity contribution in [1.29, 1.82) is 0 Å². The van der Waals surface area contributed by atoms with Gasteiger partial charge in [0.2, 0.25) is 0 Å². The molecule has 19 heavy (non-hydrogen) atoms. The molecule has 6 nitrogen and oxygen atoms in total. The number of aromatic nitrogens is 4. The van der Waals surface area contributed by atoms with E-state index in [1.165, 1.54) is 18.2 Å². The molecule has 0 amide bonds. The van der Waals surface area contributed by atoms with E-state index in [2.05, 4.69) is 20.3 Å². The summed E-state index contributed by atoms with van der Waals surface area (Å²) in [7, 11) is 1.85. The zero-order valence-corrected chi connectivity index (χ0v) is 11.9. The number of ether oxygens (including phenoxy) is 1. The van der Waals surface area contributed by atoms with Crippen molar-refractivity contribution in [2.75, 3.05) is 25.2 Å². The first-order chi connectivity index (χ1) is 9.33. The minimum absolute atomic E-state index is 0.0491. The summed E-state index contributed by atoms with van der Waals surface area (Å²) in [6.07, 6.45) is 7.16. The van der Waals surface area contributed by atoms with E-state index in [0.717, 1.165) is 41.6 Å². The zero-order valence-electron chi connectivity index (χ0n) is 11.1. The van der Waals surface area contributed by atoms with Crippen LogP contribution in [0.25, 0.3) is 11.2 Å². The van der Waals surface area contributed by atoms with Crippen LogP contribution >= 0.6 is 11.8 Å². The molecule has 1 N–H and O–H groups in total. The molecule has 0 saturated carbocycles. The molecule has 1 atom stereocenters. The number of thioether (sulfide) groups is 1. The van der Waals surface area contributed by atoms with Crippen molar-refractivity contribution in [3.05, 3.63) is 6.33 Å². The maximum absolute atomic E-state index is 5.81. The van der Waals surface area contributed by atoms with E-state index in [-0.39, 0.29) is 6.23 Å². The molecule has 7 heteroatoms. The quantitative estimate of drug-likeness (QED) is 0.687. The molecule has 1 saturated heterocycles. The number of anilines is 1. The normalized spacial score (nSPS) is 19.8. The van der Waals surface area contributed by atoms with Crippen LogP contribution in [0, 0.1) is 0 Å². The van der Waals surface area contributed by atoms with Gasteiger partial charge in [-0.2, -0.15) is 0 Å². The van der Waals surface area contributed by atoms with Gasteiger partial charge in [-0.25, -0.2) is 15.0 Å². The van der Waals surface area contributed by atoms with Crippen LogP contribution < -0.4 is 5.32 Å². The maximum atomic E-state index is 5.81. The summed E-state index contributed by atoms with van der Waals surface area (Å²) in [6, 6.07) is 0. The van der Waals surface area contributed by atoms with Crippen molar-refractivity contribution in [3.63, 3.8) is 0 Å². The van der Waals surface area contributed by atoms with Gasteiger partial charge in [-0.1, -0.05) is 11.8 Å². The van der Waals surface area contributed by atoms with Crippen molar-refractivity contribution in [2.24, 2.45) is 0 Å². The molecule has 3 heterocycles. The first kappa shape index (κ1) is 12.7. The topological polar surface area (TPSA) is 64.9 Å². The van der Waals surface area contributed by atoms with Crippen LogP contribution in [-0.4, -0.2) is 39.4 Å². The number of nitrogens with one attached hydrogen (secondary N) is 1. The van der Waals surface area contributed by atoms with E-state index in [0.29, 0.717) is 0 Å². The number of imidazole rings is 1. The second-order valence-electron chi connectivity index (χ2n) is 4.45. The summed E-state index contributed by atoms with van der Waals surface area (Å²) in [5.74, 6) is 0.768. The van der Waals surface area contributed by atoms with Crippen LogP contribution in [0.4, 0.5) is 5.82 Å². The Labute approximate surface area is 116 Å². The van der Waals surface area contributed by atoms with Crippen LogP contribution in [0.5, 0.6) is 0 Å². The second kappa shape index (κ2) is 5.34. The minimum atomic E-state index is 0.0491. The molecule has 1 unspecified atom stereocenters. The summed E-state index contributed by atoms with van der Waals surface area (Å²) in [6.45, 7) is 0.809. The molecule has 1 fully saturated rings. The molecule has 1 aliphatic heterocycles. The largest absolute Gasteiger partial charge is 0.371 e. The lowest BCUT2D eigenvalue weighted by molar-refractivity contribution is -0.0298. The highest BCUT2D eigenvalue weighted by Gasteiger charge is 2.20. The fourth-order valence-corrected chi connectivity index (χ4v) is 2.68. The van der Waals surface area contributed by atoms with E-state index >= 15 is 0 Å². The van der Waals surface area contributed by atoms with Gasteiger partial charge in [0.1, 0.15) is 6.23 Å². The maximum Gasteiger partial charge on any atom is 0.191 e. The number of nitrogens with zero attached hydrogens (tertiary/aromatic N) is 4. The first-order valence-corrected chi connectivity index (χ1v) is 7.64. The first-order valence-electron chi connectivity index (χ1n) is 6.41. The lowest BCUT2D eigenvalue weighted by Gasteiger charge is -2.23. The van der Waals surface area contributed by atoms with Crippen LogP contribution in [0.2, 0.25) is 0 Å². The third-order valence-electron chi connectivity index (χ3n) is 3.29. The van der Waals surface area contributed by atoms with Crippen molar-refractivity contribution in [3.8, 4) is 0 Å². The molecule has 0 bridgehead atoms. The SMILES string of the molecule is CNc1nc(SC)nc2c1ncn2C1CCCCO1. The molecule has 3 rings (SSSR count). The van der Waals surface area contributed by atoms with Gasteiger partial charge in [-0.3, -0.25) is 4.57 Å². The van der Waals surface area contributed by atoms with Gasteiger partial charge in [0, 0.05) is 13.7 Å². The lowest BCUT2D eigenvalue weighted by Crippen LogP contribution is -2.17. The molecule has 2 aromatic heterocycles. The van der Waals surface area contributed by atoms with E-state index in [4.69, 9.17) is 4.74 Å². The summed E-state index contributed by atoms with van der Waals surface area (Å²) in [5, 5.41) is 3.82. The van der Waals surface area contributed by atoms with Gasteiger partial charge in [0.25, 0.3) is 0 Å². The minimum Gasteiger partial charge on any atom is -0.371 e. The fraction of sp³-hybridized carbons (Fsp3) is 0.583. The summed E-state index contributed by atoms with van der Waals surface area (Å²) in [5.41, 5.74) is 1.64. The number of rotatable bonds is 3. The monoisotopic (exact) mass is 279 g/mol. The Morgan fingerprint density at radius 2 is 2.32 bits per heavy atom. The molecular weight excluding hydrogens is 262 g/mol. The van der Waals surface area contributed by atoms with Gasteiger partial charge in [-0.05, 0) is 25.5 Å². The molecule has 102 valence electrons. The highest BCUT2D eigenvalue weighted by Crippen LogP contribution is 2.28. The summed E-state index contributed by atoms with van der Waals surface area (Å²) < 4.78 is 7.84. The van der Waals surface area contributed by atoms with Crippen molar-refractivity contribution < 1.29 is 4.74 Å². The van der Waals surface area contributed by atoms with Gasteiger partial charge in [0.15, 0.2) is 22.1 Å². The Kier molecular flexibility index (Phi) is 3.56. The van der Waals surface area contributed by atoms with Gasteiger partial charge >= 0.3 is 0 Å². The molecular formula is C12H17N5OS. The zero-order chi connectivity index (χ0) is 13.2. The summed E-state index contributed by atoms with van der Waals surface area (Å²) in [4.78, 5) is 13.4. The van der Waals surface area contributed by atoms with Crippen molar-refractivity contribution in [2.45, 2.75) is 30.6 Å². The Morgan fingerprint density at radius 3 is 3.00 bits per heavy atom. The van der Waals surface area contributed by atoms with Crippen molar-refractivity contribution in [1.82, 2.24) is 19.5 Å². The smallest absolute Gasteiger partial charge is 0.191 e. The molecule has 2 aromatic rings. The highest BCUT2D eigenvalue weighted by atomic mass is 32.2. The summed E-state index contributed by atoms with van der Waals surface area (Å²) >= 11 is 1.53. The van der Waals surface area contributed by atoms with Crippen LogP contribution in [0.15, 0.2) is 11.5 Å². The number of hydrogen-bond donors (Lipinski definition) is 1. The van der Waals surface area contributed by atoms with Crippen LogP contribution in [0.3, 0.4) is 0 Å². The molecule has 0 spiro atoms. The Balaban J connectivity index is 2.09. The van der Waals surface area contributed by atoms with E-state index < -0.39 is 0 Å². The molecule has 0 aliphatic carbocycles. The standard InChI is InChI=1S/C12H17N5OS/c1-13-10-9-11(16-12(15-10)19-2)17(7-14-9)8-5-3-4-6-18-8/h7-8H,3-6H2,1-2H3,(H,13,15,16). The Bertz CT molecular complexity index is 579. The van der Waals surface area contributed by atoms with E-state index in [9.17, 15) is 0 Å². The average molecular weight is 279 g/mol. The third-order valence-corrected chi connectivity index (χ3v) is 3.83. The van der Waals surface area contributed by atoms with Crippen LogP contribution in [0.1, 0.15) is 25.5 Å². The molecule has 0 aromatic carbocycles. The number of fused-ring (bicyclic) bond motifs is 1. The highest BCUT2D eigenvalue weighted by molar-refractivity contribution is 7.98. The lowest BCUT2D eigenvalue weighted by atomic mass is 10.2. The molecule has 1 aliphatic rings. The van der Waals surface area contributed by atoms with E-state index in [1.54, 1.807) is 6.33 Å². The second-order valence-corrected chi connectivity index (χ2v) is 5.23. The van der Waals surface area contributed by atoms with Gasteiger partial charge in [-0.15, -0.1) is 0 Å². The van der Waals surface area contributed by atoms with Gasteiger partial charge < -0.3 is 10.1 Å². The average Bonchev–Trinajstić information content (AvgIpc) is 2.90. The number of hydrogen-bond acceptors (Lipinski definition) is 6. The van der Waals surface area contributed by atoms with E-state index in [1.807, 2.05) is 17.9 Å². The predicted molar refractivity (Wildman–Crippen MR) is 75.5 cm³/mol. The third kappa shape index (κ3) is 2.28. The molecule has 0 radical (unpaired) electrons. The van der Waals surface area contributed by atoms with Gasteiger partial charge in [0.05, 0.1) is 6.33 Å². The predicted octanol–water partition coefficient (Wildman–Crippen LogP) is 2.29. The fourth-order valence-electron chi connectivity index (χ4n) is 2.32. The Morgan fingerprint density at radius 1 is 1.42 bits per heavy atom. The van der Waals surface area contributed by atoms with Crippen molar-refractivity contribution >= 4 is 28.7 Å². The Hall–Kier alpha value is -1.34. The van der Waals surface area contributed by atoms with Crippen LogP contribution in [-0.2, 0) is 4.74 Å².